The summed E-state index contributed by atoms with van der Waals surface area (Å²) in [4.78, 5) is 26.9. The Morgan fingerprint density at radius 3 is 2.67 bits per heavy atom. The van der Waals surface area contributed by atoms with Crippen molar-refractivity contribution in [1.82, 2.24) is 0 Å². The second-order valence-corrected chi connectivity index (χ2v) is 10.4. The molecule has 1 aliphatic rings. The van der Waals surface area contributed by atoms with Gasteiger partial charge in [-0.05, 0) is 68.0 Å². The number of amides is 1. The van der Waals surface area contributed by atoms with Gasteiger partial charge in [-0.3, -0.25) is 4.79 Å². The van der Waals surface area contributed by atoms with Gasteiger partial charge >= 0.3 is 5.97 Å². The van der Waals surface area contributed by atoms with Gasteiger partial charge in [-0.1, -0.05) is 36.5 Å². The van der Waals surface area contributed by atoms with Crippen molar-refractivity contribution >= 4 is 57.5 Å². The maximum Gasteiger partial charge on any atom is 0.341 e. The van der Waals surface area contributed by atoms with Crippen LogP contribution in [0.3, 0.4) is 0 Å². The predicted octanol–water partition coefficient (Wildman–Crippen LogP) is 7.55. The van der Waals surface area contributed by atoms with E-state index >= 15 is 0 Å². The summed E-state index contributed by atoms with van der Waals surface area (Å²) < 4.78 is 11.1. The molecule has 2 aromatic heterocycles. The molecule has 1 amide bonds. The molecule has 0 fully saturated rings. The maximum absolute atomic E-state index is 13.1. The third-order valence-electron chi connectivity index (χ3n) is 6.08. The second-order valence-electron chi connectivity index (χ2n) is 8.43. The summed E-state index contributed by atoms with van der Waals surface area (Å²) in [7, 11) is 0. The Labute approximate surface area is 223 Å². The van der Waals surface area contributed by atoms with E-state index in [2.05, 4.69) is 12.2 Å². The highest BCUT2D eigenvalue weighted by atomic mass is 35.5. The van der Waals surface area contributed by atoms with Gasteiger partial charge in [0.25, 0.3) is 5.91 Å². The van der Waals surface area contributed by atoms with Crippen LogP contribution in [0.5, 0.6) is 0 Å². The molecule has 1 aliphatic carbocycles. The number of rotatable bonds is 7. The minimum Gasteiger partial charge on any atom is -0.462 e. The van der Waals surface area contributed by atoms with Crippen molar-refractivity contribution in [3.8, 4) is 17.4 Å². The number of esters is 1. The normalized spacial score (nSPS) is 15.2. The highest BCUT2D eigenvalue weighted by Crippen LogP contribution is 2.41. The number of benzene rings is 1. The Hall–Kier alpha value is -3.05. The second kappa shape index (κ2) is 11.3. The third-order valence-corrected chi connectivity index (χ3v) is 7.68. The van der Waals surface area contributed by atoms with Crippen LogP contribution in [0.1, 0.15) is 53.2 Å². The van der Waals surface area contributed by atoms with Gasteiger partial charge in [-0.25, -0.2) is 4.79 Å². The molecule has 0 saturated carbocycles. The molecule has 1 aromatic carbocycles. The van der Waals surface area contributed by atoms with Crippen molar-refractivity contribution in [2.75, 3.05) is 11.9 Å². The van der Waals surface area contributed by atoms with Crippen LogP contribution in [0, 0.1) is 17.2 Å². The zero-order chi connectivity index (χ0) is 25.8. The summed E-state index contributed by atoms with van der Waals surface area (Å²) in [5.41, 5.74) is 1.85. The van der Waals surface area contributed by atoms with E-state index in [1.807, 2.05) is 6.07 Å². The number of carbonyl (C=O) groups is 2. The molecule has 0 spiro atoms. The van der Waals surface area contributed by atoms with E-state index in [-0.39, 0.29) is 12.2 Å². The molecule has 9 heteroatoms. The summed E-state index contributed by atoms with van der Waals surface area (Å²) in [5, 5.41) is 13.8. The van der Waals surface area contributed by atoms with Crippen LogP contribution in [0.4, 0.5) is 5.00 Å². The zero-order valence-electron chi connectivity index (χ0n) is 19.8. The molecular weight excluding hydrogens is 519 g/mol. The van der Waals surface area contributed by atoms with Gasteiger partial charge in [-0.15, -0.1) is 11.3 Å². The quantitative estimate of drug-likeness (QED) is 0.189. The number of furan rings is 1. The molecule has 2 heterocycles. The first kappa shape index (κ1) is 26.0. The number of ether oxygens (including phenoxy) is 1. The van der Waals surface area contributed by atoms with Crippen LogP contribution < -0.4 is 5.32 Å². The number of carbonyl (C=O) groups excluding carboxylic acids is 2. The number of hydrogen-bond acceptors (Lipinski definition) is 6. The number of anilines is 1. The average Bonchev–Trinajstić information content (AvgIpc) is 3.45. The fourth-order valence-corrected chi connectivity index (χ4v) is 6.12. The van der Waals surface area contributed by atoms with Crippen molar-refractivity contribution < 1.29 is 18.7 Å². The maximum atomic E-state index is 13.1. The van der Waals surface area contributed by atoms with Gasteiger partial charge in [-0.2, -0.15) is 5.26 Å². The molecule has 186 valence electrons. The van der Waals surface area contributed by atoms with Crippen molar-refractivity contribution in [3.05, 3.63) is 67.7 Å². The van der Waals surface area contributed by atoms with Gasteiger partial charge in [0.05, 0.1) is 12.2 Å². The van der Waals surface area contributed by atoms with E-state index in [1.165, 1.54) is 17.4 Å². The van der Waals surface area contributed by atoms with Crippen LogP contribution in [0.25, 0.3) is 17.4 Å². The minimum atomic E-state index is -0.627. The van der Waals surface area contributed by atoms with E-state index in [4.69, 9.17) is 32.4 Å². The lowest BCUT2D eigenvalue weighted by molar-refractivity contribution is -0.112. The Morgan fingerprint density at radius 2 is 2.00 bits per heavy atom. The number of nitrogens with zero attached hydrogens (tertiary/aromatic N) is 1. The molecule has 1 unspecified atom stereocenters. The van der Waals surface area contributed by atoms with Gasteiger partial charge in [0.2, 0.25) is 0 Å². The summed E-state index contributed by atoms with van der Waals surface area (Å²) in [6.07, 6.45) is 5.03. The van der Waals surface area contributed by atoms with Crippen molar-refractivity contribution in [3.63, 3.8) is 0 Å². The molecular formula is C27H24Cl2N2O4S. The summed E-state index contributed by atoms with van der Waals surface area (Å²) in [5.74, 6) is 0.266. The monoisotopic (exact) mass is 542 g/mol. The average molecular weight is 543 g/mol. The Balaban J connectivity index is 1.60. The van der Waals surface area contributed by atoms with Gasteiger partial charge in [0.15, 0.2) is 0 Å². The Kier molecular flexibility index (Phi) is 8.20. The number of nitriles is 1. The van der Waals surface area contributed by atoms with E-state index in [9.17, 15) is 14.9 Å². The molecule has 0 saturated heterocycles. The number of thiophene rings is 1. The van der Waals surface area contributed by atoms with Gasteiger partial charge in [0.1, 0.15) is 28.2 Å². The van der Waals surface area contributed by atoms with Crippen LogP contribution in [0.15, 0.2) is 40.3 Å². The molecule has 6 nitrogen and oxygen atoms in total. The SMILES string of the molecule is CCOC(=O)c1c(NC(=O)/C(C#N)=C/c2ccc(-c3cc(Cl)cc(Cl)c3)o2)sc2c1CCC(CC)C2. The largest absolute Gasteiger partial charge is 0.462 e. The summed E-state index contributed by atoms with van der Waals surface area (Å²) in [6, 6.07) is 10.3. The van der Waals surface area contributed by atoms with Gasteiger partial charge < -0.3 is 14.5 Å². The summed E-state index contributed by atoms with van der Waals surface area (Å²) in [6.45, 7) is 4.13. The lowest BCUT2D eigenvalue weighted by atomic mass is 9.85. The first-order valence-electron chi connectivity index (χ1n) is 11.6. The fourth-order valence-electron chi connectivity index (χ4n) is 4.25. The predicted molar refractivity (Wildman–Crippen MR) is 142 cm³/mol. The zero-order valence-corrected chi connectivity index (χ0v) is 22.1. The molecule has 0 aliphatic heterocycles. The molecule has 4 rings (SSSR count). The number of fused-ring (bicyclic) bond motifs is 1. The van der Waals surface area contributed by atoms with Crippen molar-refractivity contribution in [2.45, 2.75) is 39.5 Å². The van der Waals surface area contributed by atoms with Crippen LogP contribution in [0.2, 0.25) is 10.0 Å². The molecule has 1 atom stereocenters. The van der Waals surface area contributed by atoms with E-state index in [0.717, 1.165) is 36.1 Å². The van der Waals surface area contributed by atoms with Crippen LogP contribution in [-0.4, -0.2) is 18.5 Å². The lowest BCUT2D eigenvalue weighted by Gasteiger charge is -2.20. The first-order chi connectivity index (χ1) is 17.3. The molecule has 3 aromatic rings. The van der Waals surface area contributed by atoms with Crippen molar-refractivity contribution in [2.24, 2.45) is 5.92 Å². The lowest BCUT2D eigenvalue weighted by Crippen LogP contribution is -2.17. The first-order valence-corrected chi connectivity index (χ1v) is 13.2. The molecule has 1 N–H and O–H groups in total. The van der Waals surface area contributed by atoms with Crippen molar-refractivity contribution in [1.29, 1.82) is 5.26 Å². The topological polar surface area (TPSA) is 92.3 Å². The fraction of sp³-hybridized carbons (Fsp3) is 0.296. The van der Waals surface area contributed by atoms with Crippen LogP contribution >= 0.6 is 34.5 Å². The molecule has 0 bridgehead atoms. The number of nitrogens with one attached hydrogen (secondary N) is 1. The minimum absolute atomic E-state index is 0.160. The highest BCUT2D eigenvalue weighted by Gasteiger charge is 2.30. The molecule has 0 radical (unpaired) electrons. The standard InChI is InChI=1S/C27H24Cl2N2O4S/c1-3-15-5-7-21-23(9-15)36-26(24(21)27(33)34-4-2)31-25(32)17(14-30)12-20-6-8-22(35-20)16-10-18(28)13-19(29)11-16/h6,8,10-13,15H,3-5,7,9H2,1-2H3,(H,31,32)/b17-12+. The Morgan fingerprint density at radius 1 is 1.25 bits per heavy atom. The van der Waals surface area contributed by atoms with Gasteiger partial charge in [0, 0.05) is 26.6 Å². The van der Waals surface area contributed by atoms with E-state index < -0.39 is 11.9 Å². The number of hydrogen-bond donors (Lipinski definition) is 1. The van der Waals surface area contributed by atoms with E-state index in [1.54, 1.807) is 37.3 Å². The number of halogens is 2. The van der Waals surface area contributed by atoms with Crippen LogP contribution in [-0.2, 0) is 22.4 Å². The summed E-state index contributed by atoms with van der Waals surface area (Å²) >= 11 is 13.5. The third kappa shape index (κ3) is 5.67. The van der Waals surface area contributed by atoms with E-state index in [0.29, 0.717) is 43.6 Å². The highest BCUT2D eigenvalue weighted by molar-refractivity contribution is 7.17. The smallest absolute Gasteiger partial charge is 0.341 e. The molecule has 36 heavy (non-hydrogen) atoms. The Bertz CT molecular complexity index is 1360.